The Balaban J connectivity index is 2.43. The summed E-state index contributed by atoms with van der Waals surface area (Å²) >= 11 is 3.18. The molecule has 3 nitrogen and oxygen atoms in total. The number of thioether (sulfide) groups is 1. The first-order valence-electron chi connectivity index (χ1n) is 5.23. The second kappa shape index (κ2) is 8.18. The summed E-state index contributed by atoms with van der Waals surface area (Å²) in [6.07, 6.45) is 3.03. The third-order valence-corrected chi connectivity index (χ3v) is 3.51. The molecule has 0 aliphatic rings. The van der Waals surface area contributed by atoms with Crippen molar-refractivity contribution in [2.45, 2.75) is 6.42 Å². The number of thiophene rings is 1. The van der Waals surface area contributed by atoms with Crippen molar-refractivity contribution in [3.63, 3.8) is 0 Å². The van der Waals surface area contributed by atoms with Crippen LogP contribution in [-0.4, -0.2) is 36.2 Å². The molecule has 0 saturated heterocycles. The van der Waals surface area contributed by atoms with Gasteiger partial charge in [-0.3, -0.25) is 4.79 Å². The SMILES string of the molecule is CSCCCNC(=O)c1csc(C#CCO)c1. The molecule has 1 heterocycles. The fourth-order valence-electron chi connectivity index (χ4n) is 1.17. The summed E-state index contributed by atoms with van der Waals surface area (Å²) in [5.74, 6) is 6.34. The van der Waals surface area contributed by atoms with Crippen molar-refractivity contribution in [2.24, 2.45) is 0 Å². The lowest BCUT2D eigenvalue weighted by Gasteiger charge is -2.01. The number of amides is 1. The van der Waals surface area contributed by atoms with Gasteiger partial charge >= 0.3 is 0 Å². The van der Waals surface area contributed by atoms with Crippen LogP contribution in [0.3, 0.4) is 0 Å². The van der Waals surface area contributed by atoms with Gasteiger partial charge in [0.1, 0.15) is 6.61 Å². The lowest BCUT2D eigenvalue weighted by molar-refractivity contribution is 0.0954. The number of hydrogen-bond acceptors (Lipinski definition) is 4. The zero-order chi connectivity index (χ0) is 12.5. The Morgan fingerprint density at radius 2 is 2.47 bits per heavy atom. The maximum Gasteiger partial charge on any atom is 0.252 e. The highest BCUT2D eigenvalue weighted by Gasteiger charge is 2.06. The summed E-state index contributed by atoms with van der Waals surface area (Å²) in [7, 11) is 0. The molecule has 92 valence electrons. The van der Waals surface area contributed by atoms with Gasteiger partial charge in [-0.25, -0.2) is 0 Å². The molecule has 5 heteroatoms. The number of carbonyl (C=O) groups is 1. The number of rotatable bonds is 5. The Morgan fingerprint density at radius 3 is 3.18 bits per heavy atom. The molecule has 0 radical (unpaired) electrons. The predicted octanol–water partition coefficient (Wildman–Crippen LogP) is 1.57. The summed E-state index contributed by atoms with van der Waals surface area (Å²) in [4.78, 5) is 12.5. The average molecular weight is 269 g/mol. The molecule has 0 bridgehead atoms. The fourth-order valence-corrected chi connectivity index (χ4v) is 2.36. The van der Waals surface area contributed by atoms with Gasteiger partial charge in [-0.05, 0) is 24.5 Å². The normalized spacial score (nSPS) is 9.53. The van der Waals surface area contributed by atoms with Crippen LogP contribution in [0.4, 0.5) is 0 Å². The summed E-state index contributed by atoms with van der Waals surface area (Å²) in [6, 6.07) is 1.75. The van der Waals surface area contributed by atoms with E-state index in [1.807, 2.05) is 6.26 Å². The molecule has 0 aliphatic carbocycles. The molecular formula is C12H15NO2S2. The van der Waals surface area contributed by atoms with Gasteiger partial charge in [0.2, 0.25) is 0 Å². The maximum atomic E-state index is 11.7. The fraction of sp³-hybridized carbons (Fsp3) is 0.417. The first kappa shape index (κ1) is 14.1. The lowest BCUT2D eigenvalue weighted by atomic mass is 10.3. The highest BCUT2D eigenvalue weighted by atomic mass is 32.2. The quantitative estimate of drug-likeness (QED) is 0.630. The van der Waals surface area contributed by atoms with E-state index in [9.17, 15) is 4.79 Å². The zero-order valence-electron chi connectivity index (χ0n) is 9.66. The first-order valence-corrected chi connectivity index (χ1v) is 7.50. The molecular weight excluding hydrogens is 254 g/mol. The minimum atomic E-state index is -0.159. The second-order valence-electron chi connectivity index (χ2n) is 3.26. The third kappa shape index (κ3) is 5.26. The third-order valence-electron chi connectivity index (χ3n) is 1.96. The monoisotopic (exact) mass is 269 g/mol. The van der Waals surface area contributed by atoms with Crippen LogP contribution < -0.4 is 5.32 Å². The van der Waals surface area contributed by atoms with Crippen LogP contribution in [0.1, 0.15) is 21.7 Å². The highest BCUT2D eigenvalue weighted by molar-refractivity contribution is 7.98. The van der Waals surface area contributed by atoms with Gasteiger partial charge in [0.05, 0.1) is 10.4 Å². The Labute approximate surface area is 110 Å². The van der Waals surface area contributed by atoms with Crippen molar-refractivity contribution in [2.75, 3.05) is 25.2 Å². The smallest absolute Gasteiger partial charge is 0.252 e. The van der Waals surface area contributed by atoms with Crippen molar-refractivity contribution in [3.05, 3.63) is 21.9 Å². The van der Waals surface area contributed by atoms with E-state index in [0.29, 0.717) is 12.1 Å². The molecule has 0 fully saturated rings. The molecule has 17 heavy (non-hydrogen) atoms. The maximum absolute atomic E-state index is 11.7. The number of hydrogen-bond donors (Lipinski definition) is 2. The Kier molecular flexibility index (Phi) is 6.78. The number of carbonyl (C=O) groups excluding carboxylic acids is 1. The molecule has 0 aliphatic heterocycles. The van der Waals surface area contributed by atoms with E-state index in [4.69, 9.17) is 5.11 Å². The molecule has 0 atom stereocenters. The van der Waals surface area contributed by atoms with Crippen molar-refractivity contribution < 1.29 is 9.90 Å². The second-order valence-corrected chi connectivity index (χ2v) is 5.16. The van der Waals surface area contributed by atoms with Crippen LogP contribution >= 0.6 is 23.1 Å². The summed E-state index contributed by atoms with van der Waals surface area (Å²) in [5.41, 5.74) is 0.640. The van der Waals surface area contributed by atoms with Crippen molar-refractivity contribution in [1.29, 1.82) is 0 Å². The van der Waals surface area contributed by atoms with Crippen molar-refractivity contribution >= 4 is 29.0 Å². The number of aliphatic hydroxyl groups excluding tert-OH is 1. The van der Waals surface area contributed by atoms with Crippen LogP contribution in [0.5, 0.6) is 0 Å². The van der Waals surface area contributed by atoms with E-state index in [1.54, 1.807) is 23.2 Å². The van der Waals surface area contributed by atoms with Crippen LogP contribution in [0.2, 0.25) is 0 Å². The molecule has 0 unspecified atom stereocenters. The minimum absolute atomic E-state index is 0.0561. The molecule has 1 amide bonds. The summed E-state index contributed by atoms with van der Waals surface area (Å²) in [5, 5.41) is 13.2. The minimum Gasteiger partial charge on any atom is -0.384 e. The van der Waals surface area contributed by atoms with Gasteiger partial charge in [0, 0.05) is 11.9 Å². The zero-order valence-corrected chi connectivity index (χ0v) is 11.3. The van der Waals surface area contributed by atoms with Gasteiger partial charge in [-0.15, -0.1) is 11.3 Å². The Morgan fingerprint density at radius 1 is 1.65 bits per heavy atom. The number of nitrogens with one attached hydrogen (secondary N) is 1. The predicted molar refractivity (Wildman–Crippen MR) is 73.6 cm³/mol. The number of aliphatic hydroxyl groups is 1. The standard InChI is InChI=1S/C12H15NO2S2/c1-16-7-3-5-13-12(15)10-8-11(17-9-10)4-2-6-14/h8-9,14H,3,5-7H2,1H3,(H,13,15). The van der Waals surface area contributed by atoms with Crippen LogP contribution in [0.15, 0.2) is 11.4 Å². The Hall–Kier alpha value is -0.960. The molecule has 0 aromatic carbocycles. The summed E-state index contributed by atoms with van der Waals surface area (Å²) < 4.78 is 0. The molecule has 2 N–H and O–H groups in total. The van der Waals surface area contributed by atoms with Crippen LogP contribution in [0, 0.1) is 11.8 Å². The average Bonchev–Trinajstić information content (AvgIpc) is 2.80. The summed E-state index contributed by atoms with van der Waals surface area (Å²) in [6.45, 7) is 0.543. The molecule has 1 aromatic heterocycles. The van der Waals surface area contributed by atoms with Crippen molar-refractivity contribution in [3.8, 4) is 11.8 Å². The molecule has 0 spiro atoms. The topological polar surface area (TPSA) is 49.3 Å². The van der Waals surface area contributed by atoms with Crippen molar-refractivity contribution in [1.82, 2.24) is 5.32 Å². The van der Waals surface area contributed by atoms with Crippen LogP contribution in [-0.2, 0) is 0 Å². The largest absolute Gasteiger partial charge is 0.384 e. The van der Waals surface area contributed by atoms with Gasteiger partial charge in [-0.2, -0.15) is 11.8 Å². The van der Waals surface area contributed by atoms with Gasteiger partial charge in [0.25, 0.3) is 5.91 Å². The van der Waals surface area contributed by atoms with E-state index in [1.165, 1.54) is 11.3 Å². The van der Waals surface area contributed by atoms with E-state index in [-0.39, 0.29) is 12.5 Å². The Bertz CT molecular complexity index is 418. The molecule has 1 rings (SSSR count). The van der Waals surface area contributed by atoms with E-state index >= 15 is 0 Å². The van der Waals surface area contributed by atoms with Gasteiger partial charge < -0.3 is 10.4 Å². The molecule has 1 aromatic rings. The lowest BCUT2D eigenvalue weighted by Crippen LogP contribution is -2.24. The highest BCUT2D eigenvalue weighted by Crippen LogP contribution is 2.13. The van der Waals surface area contributed by atoms with E-state index < -0.39 is 0 Å². The van der Waals surface area contributed by atoms with Crippen LogP contribution in [0.25, 0.3) is 0 Å². The van der Waals surface area contributed by atoms with Gasteiger partial charge in [-0.1, -0.05) is 11.8 Å². The van der Waals surface area contributed by atoms with E-state index in [0.717, 1.165) is 17.1 Å². The van der Waals surface area contributed by atoms with E-state index in [2.05, 4.69) is 17.2 Å². The first-order chi connectivity index (χ1) is 8.27. The van der Waals surface area contributed by atoms with Gasteiger partial charge in [0.15, 0.2) is 0 Å². The molecule has 0 saturated carbocycles.